The molecule has 1 amide bonds. The summed E-state index contributed by atoms with van der Waals surface area (Å²) in [4.78, 5) is 16.2. The van der Waals surface area contributed by atoms with Gasteiger partial charge in [-0.2, -0.15) is 0 Å². The maximum Gasteiger partial charge on any atom is 0.228 e. The summed E-state index contributed by atoms with van der Waals surface area (Å²) in [6.07, 6.45) is 1.60. The topological polar surface area (TPSA) is 42.0 Å². The van der Waals surface area contributed by atoms with Crippen LogP contribution in [0.5, 0.6) is 0 Å². The molecule has 0 aliphatic heterocycles. The van der Waals surface area contributed by atoms with Gasteiger partial charge in [0.1, 0.15) is 0 Å². The molecular weight excluding hydrogens is 316 g/mol. The first-order chi connectivity index (χ1) is 8.18. The molecular formula is C13H16BrClN2O. The fourth-order valence-electron chi connectivity index (χ4n) is 2.57. The Morgan fingerprint density at radius 3 is 2.44 bits per heavy atom. The quantitative estimate of drug-likeness (QED) is 0.828. The second-order valence-electron chi connectivity index (χ2n) is 5.86. The number of nitrogens with zero attached hydrogens (tertiary/aromatic N) is 1. The molecule has 1 aromatic heterocycles. The second kappa shape index (κ2) is 4.20. The molecule has 1 aliphatic rings. The molecule has 3 nitrogen and oxygen atoms in total. The normalized spacial score (nSPS) is 20.6. The summed E-state index contributed by atoms with van der Waals surface area (Å²) in [5, 5.41) is 3.17. The van der Waals surface area contributed by atoms with E-state index in [0.717, 1.165) is 4.47 Å². The summed E-state index contributed by atoms with van der Waals surface area (Å²) in [5.74, 6) is 0.00634. The highest BCUT2D eigenvalue weighted by molar-refractivity contribution is 9.10. The fourth-order valence-corrected chi connectivity index (χ4v) is 3.05. The van der Waals surface area contributed by atoms with Crippen molar-refractivity contribution in [2.24, 2.45) is 16.7 Å². The van der Waals surface area contributed by atoms with Crippen molar-refractivity contribution in [2.45, 2.75) is 27.7 Å². The molecule has 1 aromatic rings. The average molecular weight is 332 g/mol. The Balaban J connectivity index is 2.17. The van der Waals surface area contributed by atoms with Gasteiger partial charge in [-0.3, -0.25) is 4.79 Å². The Labute approximate surface area is 120 Å². The number of rotatable bonds is 2. The van der Waals surface area contributed by atoms with Gasteiger partial charge in [0, 0.05) is 16.6 Å². The number of pyridine rings is 1. The van der Waals surface area contributed by atoms with Crippen molar-refractivity contribution >= 4 is 39.1 Å². The van der Waals surface area contributed by atoms with E-state index in [2.05, 4.69) is 53.9 Å². The van der Waals surface area contributed by atoms with E-state index in [1.807, 2.05) is 0 Å². The molecule has 1 aliphatic carbocycles. The van der Waals surface area contributed by atoms with E-state index in [-0.39, 0.29) is 22.7 Å². The Morgan fingerprint density at radius 1 is 1.39 bits per heavy atom. The third-order valence-electron chi connectivity index (χ3n) is 4.35. The average Bonchev–Trinajstić information content (AvgIpc) is 2.63. The highest BCUT2D eigenvalue weighted by Crippen LogP contribution is 2.68. The zero-order valence-corrected chi connectivity index (χ0v) is 13.2. The van der Waals surface area contributed by atoms with E-state index in [1.54, 1.807) is 12.3 Å². The van der Waals surface area contributed by atoms with Gasteiger partial charge in [0.05, 0.1) is 5.69 Å². The van der Waals surface area contributed by atoms with E-state index >= 15 is 0 Å². The number of aromatic nitrogens is 1. The summed E-state index contributed by atoms with van der Waals surface area (Å²) in [5.41, 5.74) is 0.584. The predicted octanol–water partition coefficient (Wildman–Crippen LogP) is 4.12. The second-order valence-corrected chi connectivity index (χ2v) is 7.13. The number of carbonyl (C=O) groups is 1. The highest BCUT2D eigenvalue weighted by atomic mass is 79.9. The van der Waals surface area contributed by atoms with Crippen molar-refractivity contribution in [2.75, 3.05) is 5.32 Å². The molecule has 2 rings (SSSR count). The van der Waals surface area contributed by atoms with Crippen LogP contribution in [0.4, 0.5) is 5.69 Å². The van der Waals surface area contributed by atoms with Crippen molar-refractivity contribution in [3.8, 4) is 0 Å². The zero-order valence-electron chi connectivity index (χ0n) is 10.8. The van der Waals surface area contributed by atoms with Gasteiger partial charge in [0.2, 0.25) is 5.91 Å². The van der Waals surface area contributed by atoms with Crippen LogP contribution >= 0.6 is 27.5 Å². The van der Waals surface area contributed by atoms with Gasteiger partial charge < -0.3 is 5.32 Å². The van der Waals surface area contributed by atoms with Gasteiger partial charge in [-0.1, -0.05) is 39.3 Å². The van der Waals surface area contributed by atoms with Crippen LogP contribution in [0.25, 0.3) is 0 Å². The van der Waals surface area contributed by atoms with Gasteiger partial charge in [0.25, 0.3) is 0 Å². The minimum Gasteiger partial charge on any atom is -0.323 e. The minimum absolute atomic E-state index is 0.0000447. The number of carbonyl (C=O) groups excluding carboxylic acids is 1. The van der Waals surface area contributed by atoms with Crippen LogP contribution in [0.1, 0.15) is 27.7 Å². The molecule has 0 radical (unpaired) electrons. The Morgan fingerprint density at radius 2 is 1.94 bits per heavy atom. The number of nitrogens with one attached hydrogen (secondary N) is 1. The smallest absolute Gasteiger partial charge is 0.228 e. The third-order valence-corrected chi connectivity index (χ3v) is 5.08. The molecule has 1 N–H and O–H groups in total. The molecule has 0 saturated heterocycles. The van der Waals surface area contributed by atoms with Crippen LogP contribution in [0.3, 0.4) is 0 Å². The maximum atomic E-state index is 12.3. The van der Waals surface area contributed by atoms with Crippen LogP contribution in [0.15, 0.2) is 16.7 Å². The molecule has 1 fully saturated rings. The lowest BCUT2D eigenvalue weighted by Crippen LogP contribution is -2.18. The summed E-state index contributed by atoms with van der Waals surface area (Å²) in [6, 6.07) is 1.76. The largest absolute Gasteiger partial charge is 0.323 e. The van der Waals surface area contributed by atoms with Crippen molar-refractivity contribution in [1.82, 2.24) is 4.98 Å². The van der Waals surface area contributed by atoms with Gasteiger partial charge in [0.15, 0.2) is 5.15 Å². The molecule has 5 heteroatoms. The van der Waals surface area contributed by atoms with Crippen molar-refractivity contribution < 1.29 is 4.79 Å². The lowest BCUT2D eigenvalue weighted by atomic mass is 10.0. The minimum atomic E-state index is 0.0000447. The zero-order chi connectivity index (χ0) is 13.7. The first-order valence-corrected chi connectivity index (χ1v) is 6.97. The monoisotopic (exact) mass is 330 g/mol. The first-order valence-electron chi connectivity index (χ1n) is 5.80. The lowest BCUT2D eigenvalue weighted by Gasteiger charge is -2.08. The standard InChI is InChI=1S/C13H16BrClN2O/c1-12(2)9(13(12,3)4)11(18)17-8-5-7(14)6-16-10(8)15/h5-6,9H,1-4H3,(H,17,18). The molecule has 1 heterocycles. The molecule has 18 heavy (non-hydrogen) atoms. The van der Waals surface area contributed by atoms with Crippen molar-refractivity contribution in [1.29, 1.82) is 0 Å². The van der Waals surface area contributed by atoms with E-state index in [4.69, 9.17) is 11.6 Å². The van der Waals surface area contributed by atoms with Crippen LogP contribution in [-0.4, -0.2) is 10.9 Å². The summed E-state index contributed by atoms with van der Waals surface area (Å²) < 4.78 is 0.788. The van der Waals surface area contributed by atoms with Crippen molar-refractivity contribution in [3.05, 3.63) is 21.9 Å². The van der Waals surface area contributed by atoms with E-state index in [1.165, 1.54) is 0 Å². The third kappa shape index (κ3) is 2.05. The predicted molar refractivity (Wildman–Crippen MR) is 76.6 cm³/mol. The highest BCUT2D eigenvalue weighted by Gasteiger charge is 2.68. The SMILES string of the molecule is CC1(C)C(C(=O)Nc2cc(Br)cnc2Cl)C1(C)C. The number of halogens is 2. The molecule has 0 spiro atoms. The van der Waals surface area contributed by atoms with Crippen LogP contribution < -0.4 is 5.32 Å². The van der Waals surface area contributed by atoms with E-state index < -0.39 is 0 Å². The lowest BCUT2D eigenvalue weighted by molar-refractivity contribution is -0.118. The number of anilines is 1. The number of hydrogen-bond donors (Lipinski definition) is 1. The van der Waals surface area contributed by atoms with Gasteiger partial charge in [-0.05, 0) is 32.8 Å². The molecule has 1 saturated carbocycles. The molecule has 0 aromatic carbocycles. The Kier molecular flexibility index (Phi) is 3.23. The Bertz CT molecular complexity index is 500. The van der Waals surface area contributed by atoms with Crippen LogP contribution in [0, 0.1) is 16.7 Å². The Hall–Kier alpha value is -0.610. The fraction of sp³-hybridized carbons (Fsp3) is 0.538. The maximum absolute atomic E-state index is 12.3. The molecule has 0 atom stereocenters. The van der Waals surface area contributed by atoms with Crippen LogP contribution in [0.2, 0.25) is 5.15 Å². The molecule has 0 unspecified atom stereocenters. The first kappa shape index (κ1) is 13.8. The van der Waals surface area contributed by atoms with Gasteiger partial charge >= 0.3 is 0 Å². The van der Waals surface area contributed by atoms with Crippen LogP contribution in [-0.2, 0) is 4.79 Å². The number of amides is 1. The summed E-state index contributed by atoms with van der Waals surface area (Å²) in [7, 11) is 0. The number of hydrogen-bond acceptors (Lipinski definition) is 2. The molecule has 98 valence electrons. The van der Waals surface area contributed by atoms with Gasteiger partial charge in [-0.15, -0.1) is 0 Å². The summed E-state index contributed by atoms with van der Waals surface area (Å²) >= 11 is 9.27. The van der Waals surface area contributed by atoms with Crippen molar-refractivity contribution in [3.63, 3.8) is 0 Å². The summed E-state index contributed by atoms with van der Waals surface area (Å²) in [6.45, 7) is 8.44. The molecule has 0 bridgehead atoms. The van der Waals surface area contributed by atoms with E-state index in [0.29, 0.717) is 10.8 Å². The van der Waals surface area contributed by atoms with E-state index in [9.17, 15) is 4.79 Å². The van der Waals surface area contributed by atoms with Gasteiger partial charge in [-0.25, -0.2) is 4.98 Å².